The van der Waals surface area contributed by atoms with Gasteiger partial charge in [-0.1, -0.05) is 28.1 Å². The topological polar surface area (TPSA) is 60.9 Å². The third-order valence-electron chi connectivity index (χ3n) is 2.73. The summed E-state index contributed by atoms with van der Waals surface area (Å²) in [5.74, 6) is 0. The first-order valence-corrected chi connectivity index (χ1v) is 6.41. The molecule has 0 saturated carbocycles. The summed E-state index contributed by atoms with van der Waals surface area (Å²) in [5, 5.41) is 4.28. The molecule has 0 fully saturated rings. The van der Waals surface area contributed by atoms with E-state index >= 15 is 0 Å². The van der Waals surface area contributed by atoms with Crippen LogP contribution in [0.15, 0.2) is 39.6 Å². The quantitative estimate of drug-likeness (QED) is 0.941. The maximum atomic E-state index is 11.9. The van der Waals surface area contributed by atoms with Crippen molar-refractivity contribution in [1.29, 1.82) is 0 Å². The van der Waals surface area contributed by atoms with Crippen molar-refractivity contribution in [2.24, 2.45) is 5.73 Å². The van der Waals surface area contributed by atoms with Crippen LogP contribution in [0.2, 0.25) is 0 Å². The summed E-state index contributed by atoms with van der Waals surface area (Å²) in [4.78, 5) is 11.9. The van der Waals surface area contributed by atoms with Gasteiger partial charge in [-0.05, 0) is 30.2 Å². The van der Waals surface area contributed by atoms with Gasteiger partial charge in [-0.15, -0.1) is 0 Å². The highest BCUT2D eigenvalue weighted by molar-refractivity contribution is 9.10. The summed E-state index contributed by atoms with van der Waals surface area (Å²) < 4.78 is 2.44. The van der Waals surface area contributed by atoms with E-state index in [1.165, 1.54) is 4.68 Å². The summed E-state index contributed by atoms with van der Waals surface area (Å²) >= 11 is 3.41. The molecule has 2 N–H and O–H groups in total. The van der Waals surface area contributed by atoms with Crippen molar-refractivity contribution in [1.82, 2.24) is 9.78 Å². The molecule has 0 saturated heterocycles. The molecular weight excluding hydrogens is 294 g/mol. The van der Waals surface area contributed by atoms with Gasteiger partial charge in [0, 0.05) is 17.1 Å². The minimum atomic E-state index is -0.124. The van der Waals surface area contributed by atoms with Crippen LogP contribution in [0.3, 0.4) is 0 Å². The van der Waals surface area contributed by atoms with Crippen molar-refractivity contribution in [3.63, 3.8) is 0 Å². The molecule has 0 unspecified atom stereocenters. The number of rotatable bonds is 3. The summed E-state index contributed by atoms with van der Waals surface area (Å²) in [6, 6.07) is 9.37. The third-order valence-corrected chi connectivity index (χ3v) is 3.22. The Balaban J connectivity index is 2.35. The molecule has 0 bridgehead atoms. The Labute approximate surface area is 114 Å². The summed E-state index contributed by atoms with van der Waals surface area (Å²) in [6.07, 6.45) is 0. The lowest BCUT2D eigenvalue weighted by molar-refractivity contribution is 0.621. The van der Waals surface area contributed by atoms with Gasteiger partial charge < -0.3 is 5.73 Å². The molecule has 4 nitrogen and oxygen atoms in total. The SMILES string of the molecule is Cc1nn(Cc2cccc(Br)c2)c(=O)cc1CN. The number of aromatic nitrogens is 2. The molecule has 0 atom stereocenters. The average molecular weight is 308 g/mol. The van der Waals surface area contributed by atoms with Crippen molar-refractivity contribution in [3.8, 4) is 0 Å². The standard InChI is InChI=1S/C13H14BrN3O/c1-9-11(7-15)6-13(18)17(16-9)8-10-3-2-4-12(14)5-10/h2-6H,7-8,15H2,1H3. The zero-order valence-electron chi connectivity index (χ0n) is 10.1. The number of hydrogen-bond acceptors (Lipinski definition) is 3. The van der Waals surface area contributed by atoms with Gasteiger partial charge >= 0.3 is 0 Å². The highest BCUT2D eigenvalue weighted by atomic mass is 79.9. The van der Waals surface area contributed by atoms with Crippen LogP contribution in [-0.2, 0) is 13.1 Å². The van der Waals surface area contributed by atoms with Gasteiger partial charge in [0.25, 0.3) is 5.56 Å². The number of benzene rings is 1. The van der Waals surface area contributed by atoms with Crippen LogP contribution >= 0.6 is 15.9 Å². The summed E-state index contributed by atoms with van der Waals surface area (Å²) in [5.41, 5.74) is 8.05. The van der Waals surface area contributed by atoms with Crippen LogP contribution in [0.1, 0.15) is 16.8 Å². The van der Waals surface area contributed by atoms with Gasteiger partial charge in [0.05, 0.1) is 12.2 Å². The smallest absolute Gasteiger partial charge is 0.267 e. The largest absolute Gasteiger partial charge is 0.326 e. The lowest BCUT2D eigenvalue weighted by Crippen LogP contribution is -2.25. The fraction of sp³-hybridized carbons (Fsp3) is 0.231. The number of halogens is 1. The average Bonchev–Trinajstić information content (AvgIpc) is 2.33. The molecule has 0 radical (unpaired) electrons. The number of hydrogen-bond donors (Lipinski definition) is 1. The van der Waals surface area contributed by atoms with E-state index in [0.29, 0.717) is 13.1 Å². The number of nitrogens with two attached hydrogens (primary N) is 1. The lowest BCUT2D eigenvalue weighted by Gasteiger charge is -2.08. The van der Waals surface area contributed by atoms with Crippen molar-refractivity contribution >= 4 is 15.9 Å². The second-order valence-electron chi connectivity index (χ2n) is 4.08. The first-order chi connectivity index (χ1) is 8.60. The summed E-state index contributed by atoms with van der Waals surface area (Å²) in [6.45, 7) is 2.66. The van der Waals surface area contributed by atoms with Gasteiger partial charge in [-0.25, -0.2) is 4.68 Å². The van der Waals surface area contributed by atoms with Crippen LogP contribution in [-0.4, -0.2) is 9.78 Å². The maximum Gasteiger partial charge on any atom is 0.267 e. The first kappa shape index (κ1) is 13.0. The second kappa shape index (κ2) is 5.46. The van der Waals surface area contributed by atoms with Crippen molar-refractivity contribution in [3.05, 3.63) is 62.0 Å². The molecular formula is C13H14BrN3O. The molecule has 1 aromatic heterocycles. The Bertz CT molecular complexity index is 622. The molecule has 18 heavy (non-hydrogen) atoms. The molecule has 2 aromatic rings. The summed E-state index contributed by atoms with van der Waals surface area (Å²) in [7, 11) is 0. The third kappa shape index (κ3) is 2.86. The maximum absolute atomic E-state index is 11.9. The van der Waals surface area contributed by atoms with Crippen molar-refractivity contribution in [2.45, 2.75) is 20.0 Å². The van der Waals surface area contributed by atoms with Gasteiger partial charge in [0.1, 0.15) is 0 Å². The Kier molecular flexibility index (Phi) is 3.93. The second-order valence-corrected chi connectivity index (χ2v) is 5.00. The predicted molar refractivity (Wildman–Crippen MR) is 74.4 cm³/mol. The van der Waals surface area contributed by atoms with Crippen LogP contribution in [0.25, 0.3) is 0 Å². The Morgan fingerprint density at radius 1 is 1.39 bits per heavy atom. The van der Waals surface area contributed by atoms with Crippen LogP contribution < -0.4 is 11.3 Å². The van der Waals surface area contributed by atoms with E-state index in [1.807, 2.05) is 31.2 Å². The van der Waals surface area contributed by atoms with E-state index in [-0.39, 0.29) is 5.56 Å². The van der Waals surface area contributed by atoms with E-state index in [4.69, 9.17) is 5.73 Å². The fourth-order valence-electron chi connectivity index (χ4n) is 1.75. The molecule has 0 amide bonds. The van der Waals surface area contributed by atoms with Gasteiger partial charge in [-0.3, -0.25) is 4.79 Å². The Hall–Kier alpha value is -1.46. The van der Waals surface area contributed by atoms with E-state index in [9.17, 15) is 4.79 Å². The Morgan fingerprint density at radius 2 is 2.17 bits per heavy atom. The molecule has 0 aliphatic rings. The van der Waals surface area contributed by atoms with Crippen LogP contribution in [0.4, 0.5) is 0 Å². The van der Waals surface area contributed by atoms with Gasteiger partial charge in [-0.2, -0.15) is 5.10 Å². The lowest BCUT2D eigenvalue weighted by atomic mass is 10.2. The number of aryl methyl sites for hydroxylation is 1. The molecule has 0 aliphatic carbocycles. The van der Waals surface area contributed by atoms with Crippen LogP contribution in [0.5, 0.6) is 0 Å². The molecule has 1 heterocycles. The molecule has 1 aromatic carbocycles. The predicted octanol–water partition coefficient (Wildman–Crippen LogP) is 1.82. The zero-order valence-corrected chi connectivity index (χ0v) is 11.6. The minimum absolute atomic E-state index is 0.124. The van der Waals surface area contributed by atoms with Gasteiger partial charge in [0.15, 0.2) is 0 Å². The Morgan fingerprint density at radius 3 is 2.83 bits per heavy atom. The van der Waals surface area contributed by atoms with Gasteiger partial charge in [0.2, 0.25) is 0 Å². The monoisotopic (exact) mass is 307 g/mol. The molecule has 0 aliphatic heterocycles. The first-order valence-electron chi connectivity index (χ1n) is 5.62. The molecule has 0 spiro atoms. The van der Waals surface area contributed by atoms with Crippen LogP contribution in [0, 0.1) is 6.92 Å². The van der Waals surface area contributed by atoms with E-state index in [1.54, 1.807) is 6.07 Å². The van der Waals surface area contributed by atoms with E-state index in [0.717, 1.165) is 21.3 Å². The molecule has 5 heteroatoms. The van der Waals surface area contributed by atoms with E-state index in [2.05, 4.69) is 21.0 Å². The highest BCUT2D eigenvalue weighted by Crippen LogP contribution is 2.12. The highest BCUT2D eigenvalue weighted by Gasteiger charge is 2.05. The zero-order chi connectivity index (χ0) is 13.1. The fourth-order valence-corrected chi connectivity index (χ4v) is 2.20. The van der Waals surface area contributed by atoms with E-state index < -0.39 is 0 Å². The minimum Gasteiger partial charge on any atom is -0.326 e. The normalized spacial score (nSPS) is 10.6. The molecule has 2 rings (SSSR count). The number of nitrogens with zero attached hydrogens (tertiary/aromatic N) is 2. The van der Waals surface area contributed by atoms with Crippen molar-refractivity contribution in [2.75, 3.05) is 0 Å². The molecule has 94 valence electrons. The van der Waals surface area contributed by atoms with Crippen molar-refractivity contribution < 1.29 is 0 Å².